The number of carbonyl (C=O) groups excluding carboxylic acids is 7. The van der Waals surface area contributed by atoms with E-state index in [9.17, 15) is 43.8 Å². The largest absolute Gasteiger partial charge is 0.465 e. The van der Waals surface area contributed by atoms with Gasteiger partial charge in [0.15, 0.2) is 5.82 Å². The van der Waals surface area contributed by atoms with Crippen molar-refractivity contribution in [3.05, 3.63) is 301 Å². The number of nitrogens with one attached hydrogen (secondary N) is 3. The smallest absolute Gasteiger partial charge is 0.302 e. The van der Waals surface area contributed by atoms with Crippen LogP contribution in [0.15, 0.2) is 267 Å². The number of rotatable bonds is 40. The normalized spacial score (nSPS) is 18.4. The fourth-order valence-electron chi connectivity index (χ4n) is 16.2. The van der Waals surface area contributed by atoms with Crippen LogP contribution < -0.4 is 33.2 Å². The first kappa shape index (κ1) is 102. The van der Waals surface area contributed by atoms with E-state index < -0.39 is 88.5 Å². The Morgan fingerprint density at radius 1 is 0.402 bits per heavy atom. The third-order valence-corrected chi connectivity index (χ3v) is 24.0. The maximum Gasteiger partial charge on any atom is 0.302 e. The number of carbonyl (C=O) groups is 7. The molecule has 3 aliphatic heterocycles. The number of aliphatic hydroxyl groups is 2. The molecule has 11 N–H and O–H groups in total. The van der Waals surface area contributed by atoms with Crippen LogP contribution in [0.5, 0.6) is 0 Å². The van der Waals surface area contributed by atoms with Crippen LogP contribution in [0.2, 0.25) is 0 Å². The lowest BCUT2D eigenvalue weighted by Gasteiger charge is -2.32. The third-order valence-electron chi connectivity index (χ3n) is 24.0. The molecule has 12 rings (SSSR count). The first-order valence-corrected chi connectivity index (χ1v) is 45.8. The zero-order valence-corrected chi connectivity index (χ0v) is 77.8. The number of nitrogens with two attached hydrogens (primary N) is 3. The lowest BCUT2D eigenvalue weighted by atomic mass is 9.83. The summed E-state index contributed by atoms with van der Waals surface area (Å²) in [7, 11) is 0. The van der Waals surface area contributed by atoms with Crippen LogP contribution in [-0.2, 0) is 91.6 Å². The molecular weight excluding hydrogens is 1660 g/mol. The summed E-state index contributed by atoms with van der Waals surface area (Å²) in [6.07, 6.45) is 24.1. The summed E-state index contributed by atoms with van der Waals surface area (Å²) in [5.74, 6) is -1.54. The molecule has 26 nitrogen and oxygen atoms in total. The molecule has 3 aromatic heterocycles. The van der Waals surface area contributed by atoms with Gasteiger partial charge in [-0.15, -0.1) is 0 Å². The van der Waals surface area contributed by atoms with Crippen molar-refractivity contribution < 1.29 is 62.7 Å². The van der Waals surface area contributed by atoms with E-state index in [1.807, 2.05) is 232 Å². The SMILES string of the molecule is CC(=O)OC[C@@](C)(/C=C/[C@@H]1CCCN1C(=O)[C@@H](NC(=O)[C@H](C)N)C(C)OCc1ccccc1)Cc1cccc(-c2ccccn2)c1.CC(OCc1ccccc1)[C@H](NC(=O)[C@H](C)N)C(=O)N1CCC[C@H]1/C=C/[C@](C)(CO)Cc1cccc(-c2ccccn2)c1.CC(OCc1ccccc1)[C@H](NC(=O)[C@H](C)N)C(=O)N1CCC[C@H]1/C=C/[C@](C)(CO)Cc1cccc(-c2ncccn2)c1. The van der Waals surface area contributed by atoms with E-state index in [2.05, 4.69) is 66.2 Å². The molecule has 3 fully saturated rings. The van der Waals surface area contributed by atoms with E-state index in [4.69, 9.17) is 36.1 Å². The van der Waals surface area contributed by atoms with Gasteiger partial charge in [-0.3, -0.25) is 43.5 Å². The van der Waals surface area contributed by atoms with Crippen LogP contribution in [0, 0.1) is 16.2 Å². The van der Waals surface area contributed by atoms with Crippen molar-refractivity contribution >= 4 is 41.4 Å². The summed E-state index contributed by atoms with van der Waals surface area (Å²) in [5.41, 5.74) is 26.8. The number of esters is 1. The first-order chi connectivity index (χ1) is 63.4. The minimum Gasteiger partial charge on any atom is -0.465 e. The monoisotopic (exact) mass is 1800 g/mol. The van der Waals surface area contributed by atoms with Crippen molar-refractivity contribution in [2.75, 3.05) is 39.5 Å². The minimum atomic E-state index is -0.905. The molecule has 0 aliphatic carbocycles. The van der Waals surface area contributed by atoms with E-state index in [1.165, 1.54) is 6.92 Å². The fraction of sp³-hybridized carbons (Fsp3) is 0.406. The van der Waals surface area contributed by atoms with Gasteiger partial charge in [-0.05, 0) is 181 Å². The van der Waals surface area contributed by atoms with Crippen LogP contribution in [0.4, 0.5) is 0 Å². The molecule has 132 heavy (non-hydrogen) atoms. The zero-order chi connectivity index (χ0) is 94.7. The highest BCUT2D eigenvalue weighted by Crippen LogP contribution is 2.35. The summed E-state index contributed by atoms with van der Waals surface area (Å²) in [6.45, 7) is 20.3. The molecule has 6 amide bonds. The van der Waals surface area contributed by atoms with E-state index in [0.717, 1.165) is 100.0 Å². The molecule has 700 valence electrons. The van der Waals surface area contributed by atoms with Crippen molar-refractivity contribution in [3.8, 4) is 33.9 Å². The Morgan fingerprint density at radius 3 is 1.02 bits per heavy atom. The topological polar surface area (TPSA) is 372 Å². The number of hydrogen-bond donors (Lipinski definition) is 8. The molecule has 3 aliphatic rings. The van der Waals surface area contributed by atoms with E-state index in [1.54, 1.807) is 82.2 Å². The second kappa shape index (κ2) is 50.5. The molecule has 26 heteroatoms. The Balaban J connectivity index is 0.000000206. The fourth-order valence-corrected chi connectivity index (χ4v) is 16.2. The number of aliphatic hydroxyl groups excluding tert-OH is 2. The average Bonchev–Trinajstić information content (AvgIpc) is 1.63. The predicted octanol–water partition coefficient (Wildman–Crippen LogP) is 12.8. The number of benzene rings is 6. The molecule has 6 heterocycles. The molecule has 15 atom stereocenters. The highest BCUT2D eigenvalue weighted by atomic mass is 16.5. The van der Waals surface area contributed by atoms with Gasteiger partial charge in [-0.2, -0.15) is 0 Å². The molecule has 0 bridgehead atoms. The van der Waals surface area contributed by atoms with Crippen molar-refractivity contribution in [2.24, 2.45) is 33.4 Å². The summed E-state index contributed by atoms with van der Waals surface area (Å²) in [4.78, 5) is 115. The summed E-state index contributed by atoms with van der Waals surface area (Å²) in [5, 5.41) is 29.3. The lowest BCUT2D eigenvalue weighted by molar-refractivity contribution is -0.143. The van der Waals surface area contributed by atoms with Crippen molar-refractivity contribution in [1.29, 1.82) is 0 Å². The zero-order valence-electron chi connectivity index (χ0n) is 77.8. The van der Waals surface area contributed by atoms with Crippen molar-refractivity contribution in [3.63, 3.8) is 0 Å². The highest BCUT2D eigenvalue weighted by Gasteiger charge is 2.41. The quantitative estimate of drug-likeness (QED) is 0.0131. The van der Waals surface area contributed by atoms with Gasteiger partial charge in [0.2, 0.25) is 35.4 Å². The Morgan fingerprint density at radius 2 is 0.705 bits per heavy atom. The molecule has 3 saturated heterocycles. The third kappa shape index (κ3) is 31.0. The number of pyridine rings is 2. The van der Waals surface area contributed by atoms with Crippen LogP contribution in [0.3, 0.4) is 0 Å². The Kier molecular flexibility index (Phi) is 39.0. The van der Waals surface area contributed by atoms with Gasteiger partial charge in [0.25, 0.3) is 0 Å². The van der Waals surface area contributed by atoms with Crippen LogP contribution >= 0.6 is 0 Å². The molecular formula is C106H133N13O13. The van der Waals surface area contributed by atoms with Gasteiger partial charge in [0, 0.05) is 84.3 Å². The summed E-state index contributed by atoms with van der Waals surface area (Å²) >= 11 is 0. The Bertz CT molecular complexity index is 5020. The number of likely N-dealkylation sites (tertiary alicyclic amines) is 3. The van der Waals surface area contributed by atoms with Gasteiger partial charge in [0.1, 0.15) is 24.7 Å². The highest BCUT2D eigenvalue weighted by molar-refractivity contribution is 5.92. The van der Waals surface area contributed by atoms with Gasteiger partial charge in [0.05, 0.1) is 99.0 Å². The van der Waals surface area contributed by atoms with Gasteiger partial charge >= 0.3 is 5.97 Å². The maximum atomic E-state index is 14.1. The van der Waals surface area contributed by atoms with Crippen LogP contribution in [-0.4, -0.2) is 198 Å². The van der Waals surface area contributed by atoms with Gasteiger partial charge in [-0.25, -0.2) is 9.97 Å². The lowest BCUT2D eigenvalue weighted by Crippen LogP contribution is -2.57. The van der Waals surface area contributed by atoms with E-state index >= 15 is 0 Å². The van der Waals surface area contributed by atoms with E-state index in [-0.39, 0.29) is 61.6 Å². The molecule has 0 radical (unpaired) electrons. The minimum absolute atomic E-state index is 0.0462. The van der Waals surface area contributed by atoms with Crippen LogP contribution in [0.1, 0.15) is 141 Å². The second-order valence-electron chi connectivity index (χ2n) is 35.8. The number of hydrogen-bond acceptors (Lipinski definition) is 20. The Labute approximate surface area is 777 Å². The van der Waals surface area contributed by atoms with E-state index in [0.29, 0.717) is 64.5 Å². The molecule has 3 unspecified atom stereocenters. The average molecular weight is 1800 g/mol. The summed E-state index contributed by atoms with van der Waals surface area (Å²) in [6, 6.07) is 61.5. The maximum absolute atomic E-state index is 14.1. The second-order valence-corrected chi connectivity index (χ2v) is 35.8. The molecule has 6 aromatic carbocycles. The molecule has 0 spiro atoms. The molecule has 9 aromatic rings. The number of ether oxygens (including phenoxy) is 4. The Hall–Kier alpha value is -12.1. The van der Waals surface area contributed by atoms with Crippen molar-refractivity contribution in [2.45, 2.75) is 220 Å². The van der Waals surface area contributed by atoms with Gasteiger partial charge in [-0.1, -0.05) is 215 Å². The standard InChI is InChI=1S/C37H46N4O5.C35H44N4O4.C34H43N5O4/c1-26(38)35(43)40-34(27(2)45-24-29-12-6-5-7-13-29)36(44)41-21-11-16-32(41)18-19-37(4,25-46-28(3)42)23-30-14-10-15-31(22-30)33-17-8-9-20-39-33;1-25(36)33(41)38-32(26(2)43-23-27-11-5-4-6-12-27)34(42)39-20-10-15-30(39)17-18-35(3,24-40)22-28-13-9-14-29(21-28)31-16-7-8-19-37-31;1-24(35)32(41)38-30(25(2)43-22-26-10-5-4-6-11-26)33(42)39-19-8-14-29(39)15-16-34(3,23-40)21-27-12-7-13-28(20-27)31-36-17-9-18-37-31/h5-10,12-15,17-20,22,26-27,32,34H,11,16,21,23-25,38H2,1-4H3,(H,40,43);4-9,11-14,16-19,21,25-26,30,32,40H,10,15,20,22-24,36H2,1-3H3,(H,38,41);4-7,9-13,15-18,20,24-25,29-30,40H,8,14,19,21-23,35H2,1-3H3,(H,38,41)/b19-18+;18-17+;16-15+/t26-,27?,32-,34-,37-;25-,26?,30-,32-,35-;24-,25?,29-,30-,34-/m000/s1. The number of nitrogens with zero attached hydrogens (tertiary/aromatic N) is 7. The van der Waals surface area contributed by atoms with Crippen LogP contribution in [0.25, 0.3) is 33.9 Å². The van der Waals surface area contributed by atoms with Crippen molar-refractivity contribution in [1.82, 2.24) is 50.6 Å². The first-order valence-electron chi connectivity index (χ1n) is 45.8. The number of amides is 6. The summed E-state index contributed by atoms with van der Waals surface area (Å²) < 4.78 is 23.7. The number of aromatic nitrogens is 4. The predicted molar refractivity (Wildman–Crippen MR) is 513 cm³/mol. The van der Waals surface area contributed by atoms with Gasteiger partial charge < -0.3 is 77.0 Å². The molecule has 0 saturated carbocycles.